The second kappa shape index (κ2) is 10.8. The van der Waals surface area contributed by atoms with Gasteiger partial charge in [0.05, 0.1) is 20.8 Å². The number of carbonyl (C=O) groups excluding carboxylic acids is 1. The molecular weight excluding hydrogens is 460 g/mol. The maximum absolute atomic E-state index is 12.6. The van der Waals surface area contributed by atoms with E-state index in [-0.39, 0.29) is 18.4 Å². The summed E-state index contributed by atoms with van der Waals surface area (Å²) in [6.07, 6.45) is 1.13. The highest BCUT2D eigenvalue weighted by Gasteiger charge is 2.23. The molecule has 0 unspecified atom stereocenters. The summed E-state index contributed by atoms with van der Waals surface area (Å²) >= 11 is 1.17. The van der Waals surface area contributed by atoms with Crippen molar-refractivity contribution in [1.82, 2.24) is 15.3 Å². The third-order valence-electron chi connectivity index (χ3n) is 4.99. The molecule has 0 bridgehead atoms. The van der Waals surface area contributed by atoms with Gasteiger partial charge in [-0.15, -0.1) is 17.9 Å². The minimum atomic E-state index is -1.30. The fraction of sp³-hybridized carbons (Fsp3) is 0.261. The summed E-state index contributed by atoms with van der Waals surface area (Å²) in [5.74, 6) is -2.49. The number of carboxylic acid groups (broad SMARTS) is 2. The van der Waals surface area contributed by atoms with Gasteiger partial charge in [0, 0.05) is 19.5 Å². The molecule has 4 N–H and O–H groups in total. The number of thiophene rings is 1. The summed E-state index contributed by atoms with van der Waals surface area (Å²) < 4.78 is 0. The Balaban J connectivity index is 1.78. The van der Waals surface area contributed by atoms with Crippen molar-refractivity contribution in [3.8, 4) is 0 Å². The first-order chi connectivity index (χ1) is 16.2. The molecule has 0 aliphatic heterocycles. The lowest BCUT2D eigenvalue weighted by molar-refractivity contribution is -0.140. The van der Waals surface area contributed by atoms with Crippen LogP contribution in [0, 0.1) is 6.92 Å². The predicted octanol–water partition coefficient (Wildman–Crippen LogP) is 2.53. The number of nitrogens with zero attached hydrogens (tertiary/aromatic N) is 2. The van der Waals surface area contributed by atoms with Crippen molar-refractivity contribution in [3.05, 3.63) is 69.6 Å². The van der Waals surface area contributed by atoms with Crippen molar-refractivity contribution >= 4 is 45.1 Å². The number of aromatic nitrogens is 2. The van der Waals surface area contributed by atoms with Crippen LogP contribution in [0.5, 0.6) is 0 Å². The molecule has 0 saturated heterocycles. The molecule has 1 amide bonds. The number of fused-ring (bicyclic) bond motifs is 1. The number of hydrogen-bond acceptors (Lipinski definition) is 7. The van der Waals surface area contributed by atoms with Gasteiger partial charge in [-0.25, -0.2) is 9.78 Å². The third kappa shape index (κ3) is 6.07. The summed E-state index contributed by atoms with van der Waals surface area (Å²) in [6, 6.07) is 7.47. The smallest absolute Gasteiger partial charge is 0.326 e. The molecule has 2 heterocycles. The van der Waals surface area contributed by atoms with Gasteiger partial charge >= 0.3 is 11.9 Å². The first-order valence-electron chi connectivity index (χ1n) is 10.4. The number of rotatable bonds is 11. The number of carbonyl (C=O) groups is 3. The number of nitrogens with one attached hydrogen (secondary N) is 2. The predicted molar refractivity (Wildman–Crippen MR) is 128 cm³/mol. The van der Waals surface area contributed by atoms with Gasteiger partial charge in [0.1, 0.15) is 11.9 Å². The van der Waals surface area contributed by atoms with Crippen LogP contribution in [0.1, 0.15) is 33.9 Å². The molecule has 1 atom stereocenters. The van der Waals surface area contributed by atoms with Gasteiger partial charge in [0.25, 0.3) is 11.5 Å². The maximum atomic E-state index is 12.6. The van der Waals surface area contributed by atoms with Crippen LogP contribution in [0.25, 0.3) is 10.9 Å². The second-order valence-corrected chi connectivity index (χ2v) is 8.67. The van der Waals surface area contributed by atoms with Gasteiger partial charge < -0.3 is 25.4 Å². The second-order valence-electron chi connectivity index (χ2n) is 7.61. The molecule has 0 aliphatic carbocycles. The highest BCUT2D eigenvalue weighted by Crippen LogP contribution is 2.28. The van der Waals surface area contributed by atoms with Crippen LogP contribution in [-0.2, 0) is 16.1 Å². The van der Waals surface area contributed by atoms with E-state index in [0.717, 1.165) is 10.6 Å². The number of aryl methyl sites for hydroxylation is 1. The van der Waals surface area contributed by atoms with Crippen LogP contribution >= 0.6 is 11.3 Å². The van der Waals surface area contributed by atoms with Crippen molar-refractivity contribution in [2.75, 3.05) is 11.4 Å². The first kappa shape index (κ1) is 24.6. The number of aliphatic carboxylic acids is 2. The zero-order valence-electron chi connectivity index (χ0n) is 18.4. The third-order valence-corrected chi connectivity index (χ3v) is 6.13. The minimum Gasteiger partial charge on any atom is -0.481 e. The minimum absolute atomic E-state index is 0.216. The number of hydrogen-bond donors (Lipinski definition) is 4. The summed E-state index contributed by atoms with van der Waals surface area (Å²) in [5, 5.41) is 21.7. The molecule has 3 aromatic rings. The summed E-state index contributed by atoms with van der Waals surface area (Å²) in [5.41, 5.74) is 1.25. The maximum Gasteiger partial charge on any atom is 0.326 e. The van der Waals surface area contributed by atoms with E-state index < -0.39 is 23.9 Å². The highest BCUT2D eigenvalue weighted by molar-refractivity contribution is 7.18. The van der Waals surface area contributed by atoms with Crippen LogP contribution in [0.4, 0.5) is 5.00 Å². The summed E-state index contributed by atoms with van der Waals surface area (Å²) in [7, 11) is 0. The molecule has 0 saturated carbocycles. The topological polar surface area (TPSA) is 153 Å². The fourth-order valence-corrected chi connectivity index (χ4v) is 4.30. The number of H-pyrrole nitrogens is 1. The molecule has 1 aromatic carbocycles. The van der Waals surface area contributed by atoms with Crippen LogP contribution in [-0.4, -0.2) is 50.6 Å². The molecule has 11 heteroatoms. The number of aromatic amines is 1. The molecule has 0 fully saturated rings. The van der Waals surface area contributed by atoms with E-state index in [4.69, 9.17) is 5.11 Å². The van der Waals surface area contributed by atoms with Gasteiger partial charge in [-0.3, -0.25) is 14.4 Å². The average Bonchev–Trinajstić information content (AvgIpc) is 3.26. The van der Waals surface area contributed by atoms with E-state index in [1.165, 1.54) is 11.3 Å². The number of anilines is 1. The molecular formula is C23H24N4O6S. The van der Waals surface area contributed by atoms with E-state index in [2.05, 4.69) is 21.9 Å². The van der Waals surface area contributed by atoms with Gasteiger partial charge in [-0.2, -0.15) is 0 Å². The van der Waals surface area contributed by atoms with Crippen LogP contribution < -0.4 is 15.8 Å². The lowest BCUT2D eigenvalue weighted by Gasteiger charge is -2.21. The SMILES string of the molecule is C=CCN(Cc1ccc2nc(C)[nH]c(=O)c2c1)c1ccc(C(=O)N[C@@H](CCC(=O)O)C(=O)O)s1. The molecule has 10 nitrogen and oxygen atoms in total. The molecule has 2 aromatic heterocycles. The Labute approximate surface area is 198 Å². The number of amides is 1. The Kier molecular flexibility index (Phi) is 7.79. The Morgan fingerprint density at radius 1 is 1.26 bits per heavy atom. The van der Waals surface area contributed by atoms with Crippen LogP contribution in [0.3, 0.4) is 0 Å². The van der Waals surface area contributed by atoms with Gasteiger partial charge in [-0.1, -0.05) is 12.1 Å². The Hall–Kier alpha value is -3.99. The van der Waals surface area contributed by atoms with E-state index in [1.807, 2.05) is 11.0 Å². The summed E-state index contributed by atoms with van der Waals surface area (Å²) in [4.78, 5) is 56.2. The monoisotopic (exact) mass is 484 g/mol. The largest absolute Gasteiger partial charge is 0.481 e. The normalized spacial score (nSPS) is 11.7. The van der Waals surface area contributed by atoms with Crippen molar-refractivity contribution in [3.63, 3.8) is 0 Å². The van der Waals surface area contributed by atoms with E-state index in [0.29, 0.717) is 34.7 Å². The highest BCUT2D eigenvalue weighted by atomic mass is 32.1. The quantitative estimate of drug-likeness (QED) is 0.303. The van der Waals surface area contributed by atoms with Crippen molar-refractivity contribution < 1.29 is 24.6 Å². The van der Waals surface area contributed by atoms with Crippen LogP contribution in [0.15, 0.2) is 47.8 Å². The average molecular weight is 485 g/mol. The summed E-state index contributed by atoms with van der Waals surface area (Å²) in [6.45, 7) is 6.41. The van der Waals surface area contributed by atoms with E-state index in [9.17, 15) is 24.3 Å². The zero-order valence-corrected chi connectivity index (χ0v) is 19.2. The van der Waals surface area contributed by atoms with Crippen molar-refractivity contribution in [1.29, 1.82) is 0 Å². The Morgan fingerprint density at radius 3 is 2.71 bits per heavy atom. The molecule has 3 rings (SSSR count). The van der Waals surface area contributed by atoms with Crippen LogP contribution in [0.2, 0.25) is 0 Å². The molecule has 178 valence electrons. The fourth-order valence-electron chi connectivity index (χ4n) is 3.38. The lowest BCUT2D eigenvalue weighted by Crippen LogP contribution is -2.40. The van der Waals surface area contributed by atoms with Gasteiger partial charge in [0.2, 0.25) is 0 Å². The number of carboxylic acids is 2. The first-order valence-corrected chi connectivity index (χ1v) is 11.2. The lowest BCUT2D eigenvalue weighted by atomic mass is 10.1. The number of benzene rings is 1. The van der Waals surface area contributed by atoms with Crippen molar-refractivity contribution in [2.24, 2.45) is 0 Å². The zero-order chi connectivity index (χ0) is 24.8. The molecule has 0 spiro atoms. The van der Waals surface area contributed by atoms with E-state index >= 15 is 0 Å². The Morgan fingerprint density at radius 2 is 2.03 bits per heavy atom. The molecule has 0 aliphatic rings. The van der Waals surface area contributed by atoms with E-state index in [1.54, 1.807) is 37.3 Å². The molecule has 34 heavy (non-hydrogen) atoms. The van der Waals surface area contributed by atoms with Gasteiger partial charge in [0.15, 0.2) is 0 Å². The molecule has 0 radical (unpaired) electrons. The Bertz CT molecular complexity index is 1300. The standard InChI is InChI=1S/C23H24N4O6S/c1-3-10-27(12-14-4-5-16-15(11-14)21(30)25-13(2)24-16)19-8-7-18(34-19)22(31)26-17(23(32)33)6-9-20(28)29/h3-5,7-8,11,17H,1,6,9-10,12H2,2H3,(H,26,31)(H,28,29)(H,32,33)(H,24,25,30)/t17-/m0/s1. The van der Waals surface area contributed by atoms with Gasteiger partial charge in [-0.05, 0) is 43.2 Å². The van der Waals surface area contributed by atoms with Crippen molar-refractivity contribution in [2.45, 2.75) is 32.4 Å².